The van der Waals surface area contributed by atoms with E-state index in [2.05, 4.69) is 10.3 Å². The number of ether oxygens (including phenoxy) is 2. The standard InChI is InChI=1S/C17H10ClFN2O3S/c18-12-7-14-13(23-8-24-14)5-9(12)6-15-16(22)21-17(25-15)20-11-3-1-10(19)2-4-11/h1-7H,8H2,(H,20,21,22). The zero-order chi connectivity index (χ0) is 17.4. The van der Waals surface area contributed by atoms with Gasteiger partial charge in [0.15, 0.2) is 16.7 Å². The van der Waals surface area contributed by atoms with Gasteiger partial charge < -0.3 is 14.8 Å². The summed E-state index contributed by atoms with van der Waals surface area (Å²) in [4.78, 5) is 16.9. The second-order valence-corrected chi connectivity index (χ2v) is 6.62. The molecule has 5 nitrogen and oxygen atoms in total. The monoisotopic (exact) mass is 376 g/mol. The summed E-state index contributed by atoms with van der Waals surface area (Å²) in [5.74, 6) is 0.541. The van der Waals surface area contributed by atoms with Gasteiger partial charge in [-0.1, -0.05) is 11.6 Å². The van der Waals surface area contributed by atoms with Gasteiger partial charge in [-0.05, 0) is 53.7 Å². The van der Waals surface area contributed by atoms with Gasteiger partial charge in [0.25, 0.3) is 5.91 Å². The molecule has 0 bridgehead atoms. The number of hydrogen-bond donors (Lipinski definition) is 1. The molecule has 0 spiro atoms. The fourth-order valence-electron chi connectivity index (χ4n) is 2.30. The summed E-state index contributed by atoms with van der Waals surface area (Å²) in [6.07, 6.45) is 1.66. The second-order valence-electron chi connectivity index (χ2n) is 5.19. The number of hydrogen-bond acceptors (Lipinski definition) is 5. The van der Waals surface area contributed by atoms with Crippen LogP contribution in [0.4, 0.5) is 10.1 Å². The van der Waals surface area contributed by atoms with Crippen LogP contribution >= 0.6 is 23.4 Å². The van der Waals surface area contributed by atoms with Crippen molar-refractivity contribution in [1.82, 2.24) is 5.32 Å². The molecule has 2 aliphatic rings. The molecule has 0 radical (unpaired) electrons. The van der Waals surface area contributed by atoms with Crippen molar-refractivity contribution in [2.75, 3.05) is 6.79 Å². The Morgan fingerprint density at radius 1 is 1.20 bits per heavy atom. The molecule has 1 amide bonds. The normalized spacial score (nSPS) is 18.9. The maximum absolute atomic E-state index is 12.9. The molecule has 2 aliphatic heterocycles. The Hall–Kier alpha value is -2.51. The van der Waals surface area contributed by atoms with Gasteiger partial charge in [0.1, 0.15) is 5.82 Å². The minimum atomic E-state index is -0.343. The van der Waals surface area contributed by atoms with Crippen molar-refractivity contribution < 1.29 is 18.7 Å². The smallest absolute Gasteiger partial charge is 0.264 e. The van der Waals surface area contributed by atoms with Crippen LogP contribution in [0.1, 0.15) is 5.56 Å². The fourth-order valence-corrected chi connectivity index (χ4v) is 3.34. The zero-order valence-electron chi connectivity index (χ0n) is 12.6. The molecule has 25 heavy (non-hydrogen) atoms. The van der Waals surface area contributed by atoms with Crippen LogP contribution in [0.2, 0.25) is 5.02 Å². The molecule has 2 aromatic rings. The molecule has 8 heteroatoms. The van der Waals surface area contributed by atoms with Crippen molar-refractivity contribution in [2.45, 2.75) is 0 Å². The predicted octanol–water partition coefficient (Wildman–Crippen LogP) is 4.10. The first-order chi connectivity index (χ1) is 12.1. The van der Waals surface area contributed by atoms with E-state index in [0.29, 0.717) is 37.8 Å². The molecule has 1 N–H and O–H groups in total. The molecule has 1 fully saturated rings. The fraction of sp³-hybridized carbons (Fsp3) is 0.0588. The highest BCUT2D eigenvalue weighted by atomic mass is 35.5. The highest BCUT2D eigenvalue weighted by Crippen LogP contribution is 2.38. The third kappa shape index (κ3) is 3.33. The lowest BCUT2D eigenvalue weighted by Gasteiger charge is -2.02. The summed E-state index contributed by atoms with van der Waals surface area (Å²) in [5.41, 5.74) is 1.19. The van der Waals surface area contributed by atoms with Gasteiger partial charge in [0.05, 0.1) is 15.6 Å². The summed E-state index contributed by atoms with van der Waals surface area (Å²) >= 11 is 7.41. The number of nitrogens with zero attached hydrogens (tertiary/aromatic N) is 1. The van der Waals surface area contributed by atoms with Crippen molar-refractivity contribution >= 4 is 46.2 Å². The van der Waals surface area contributed by atoms with Gasteiger partial charge in [-0.2, -0.15) is 0 Å². The molecule has 2 heterocycles. The van der Waals surface area contributed by atoms with E-state index in [4.69, 9.17) is 21.1 Å². The Morgan fingerprint density at radius 2 is 1.92 bits per heavy atom. The summed E-state index contributed by atoms with van der Waals surface area (Å²) < 4.78 is 23.5. The highest BCUT2D eigenvalue weighted by molar-refractivity contribution is 8.18. The van der Waals surface area contributed by atoms with Gasteiger partial charge in [0, 0.05) is 6.07 Å². The minimum absolute atomic E-state index is 0.148. The van der Waals surface area contributed by atoms with E-state index >= 15 is 0 Å². The highest BCUT2D eigenvalue weighted by Gasteiger charge is 2.25. The molecule has 4 rings (SSSR count). The Kier molecular flexibility index (Phi) is 4.10. The van der Waals surface area contributed by atoms with Crippen molar-refractivity contribution in [3.63, 3.8) is 0 Å². The van der Waals surface area contributed by atoms with E-state index in [1.807, 2.05) is 0 Å². The molecular formula is C17H10ClFN2O3S. The van der Waals surface area contributed by atoms with Crippen LogP contribution in [-0.4, -0.2) is 17.9 Å². The number of carbonyl (C=O) groups excluding carboxylic acids is 1. The molecule has 0 aromatic heterocycles. The first-order valence-electron chi connectivity index (χ1n) is 7.23. The molecule has 0 aliphatic carbocycles. The van der Waals surface area contributed by atoms with Crippen LogP contribution in [0.25, 0.3) is 6.08 Å². The topological polar surface area (TPSA) is 59.9 Å². The van der Waals surface area contributed by atoms with E-state index in [0.717, 1.165) is 0 Å². The predicted molar refractivity (Wildman–Crippen MR) is 94.8 cm³/mol. The number of amidine groups is 1. The maximum Gasteiger partial charge on any atom is 0.264 e. The summed E-state index contributed by atoms with van der Waals surface area (Å²) in [5, 5.41) is 3.54. The number of nitrogens with one attached hydrogen (secondary N) is 1. The number of rotatable bonds is 2. The van der Waals surface area contributed by atoms with E-state index < -0.39 is 0 Å². The lowest BCUT2D eigenvalue weighted by atomic mass is 10.2. The van der Waals surface area contributed by atoms with Crippen molar-refractivity contribution in [3.05, 3.63) is 57.7 Å². The van der Waals surface area contributed by atoms with Gasteiger partial charge in [-0.3, -0.25) is 4.79 Å². The van der Waals surface area contributed by atoms with Crippen molar-refractivity contribution in [1.29, 1.82) is 0 Å². The SMILES string of the molecule is O=C1NC(=Nc2ccc(F)cc2)SC1=Cc1cc2c(cc1Cl)OCO2. The first-order valence-corrected chi connectivity index (χ1v) is 8.42. The van der Waals surface area contributed by atoms with E-state index in [9.17, 15) is 9.18 Å². The summed E-state index contributed by atoms with van der Waals surface area (Å²) in [7, 11) is 0. The largest absolute Gasteiger partial charge is 0.454 e. The van der Waals surface area contributed by atoms with E-state index in [-0.39, 0.29) is 18.5 Å². The Labute approximate surface area is 151 Å². The number of thioether (sulfide) groups is 1. The van der Waals surface area contributed by atoms with Gasteiger partial charge >= 0.3 is 0 Å². The van der Waals surface area contributed by atoms with Crippen molar-refractivity contribution in [2.24, 2.45) is 4.99 Å². The Morgan fingerprint density at radius 3 is 2.68 bits per heavy atom. The number of amides is 1. The van der Waals surface area contributed by atoms with Crippen LogP contribution < -0.4 is 14.8 Å². The number of carbonyl (C=O) groups is 1. The molecule has 0 unspecified atom stereocenters. The van der Waals surface area contributed by atoms with Crippen LogP contribution in [0.15, 0.2) is 46.3 Å². The second kappa shape index (κ2) is 6.42. The first kappa shape index (κ1) is 16.0. The third-order valence-corrected chi connectivity index (χ3v) is 4.72. The molecular weight excluding hydrogens is 367 g/mol. The minimum Gasteiger partial charge on any atom is -0.454 e. The molecule has 0 saturated carbocycles. The molecule has 0 atom stereocenters. The van der Waals surface area contributed by atoms with E-state index in [1.165, 1.54) is 36.0 Å². The molecule has 1 saturated heterocycles. The van der Waals surface area contributed by atoms with Gasteiger partial charge in [0.2, 0.25) is 6.79 Å². The lowest BCUT2D eigenvalue weighted by Crippen LogP contribution is -2.19. The average Bonchev–Trinajstić information content (AvgIpc) is 3.16. The van der Waals surface area contributed by atoms with Crippen LogP contribution in [0.5, 0.6) is 11.5 Å². The van der Waals surface area contributed by atoms with Gasteiger partial charge in [-0.25, -0.2) is 9.38 Å². The van der Waals surface area contributed by atoms with Crippen molar-refractivity contribution in [3.8, 4) is 11.5 Å². The number of benzene rings is 2. The third-order valence-electron chi connectivity index (χ3n) is 3.49. The summed E-state index contributed by atoms with van der Waals surface area (Å²) in [6, 6.07) is 9.06. The van der Waals surface area contributed by atoms with Crippen LogP contribution in [0.3, 0.4) is 0 Å². The van der Waals surface area contributed by atoms with Crippen LogP contribution in [0, 0.1) is 5.82 Å². The summed E-state index contributed by atoms with van der Waals surface area (Å²) in [6.45, 7) is 0.148. The average molecular weight is 377 g/mol. The Balaban J connectivity index is 1.60. The Bertz CT molecular complexity index is 928. The molecule has 2 aromatic carbocycles. The molecule has 126 valence electrons. The number of halogens is 2. The van der Waals surface area contributed by atoms with Crippen LogP contribution in [-0.2, 0) is 4.79 Å². The lowest BCUT2D eigenvalue weighted by molar-refractivity contribution is -0.115. The number of fused-ring (bicyclic) bond motifs is 1. The van der Waals surface area contributed by atoms with Gasteiger partial charge in [-0.15, -0.1) is 0 Å². The zero-order valence-corrected chi connectivity index (χ0v) is 14.2. The number of aliphatic imine (C=N–C) groups is 1. The maximum atomic E-state index is 12.9. The van der Waals surface area contributed by atoms with E-state index in [1.54, 1.807) is 18.2 Å². The quantitative estimate of drug-likeness (QED) is 0.802.